The smallest absolute Gasteiger partial charge is 0.271 e. The molecule has 28 heavy (non-hydrogen) atoms. The number of aromatic amines is 1. The summed E-state index contributed by atoms with van der Waals surface area (Å²) in [4.78, 5) is 20.1. The SMILES string of the molecule is COc1cccc(CSc2nc3c(sc(=S)n3-c3ccc(C)cc3)c(=O)[nH]2)c1. The van der Waals surface area contributed by atoms with Crippen molar-refractivity contribution in [3.63, 3.8) is 0 Å². The number of H-pyrrole nitrogens is 1. The van der Waals surface area contributed by atoms with Crippen LogP contribution in [0.15, 0.2) is 58.5 Å². The molecule has 2 aromatic heterocycles. The van der Waals surface area contributed by atoms with E-state index in [0.717, 1.165) is 22.6 Å². The summed E-state index contributed by atoms with van der Waals surface area (Å²) in [6, 6.07) is 15.9. The molecule has 0 spiro atoms. The Morgan fingerprint density at radius 1 is 1.25 bits per heavy atom. The molecule has 0 atom stereocenters. The number of fused-ring (bicyclic) bond motifs is 1. The lowest BCUT2D eigenvalue weighted by atomic mass is 10.2. The molecule has 0 aliphatic carbocycles. The van der Waals surface area contributed by atoms with Crippen LogP contribution in [0.2, 0.25) is 0 Å². The summed E-state index contributed by atoms with van der Waals surface area (Å²) in [5.74, 6) is 1.47. The largest absolute Gasteiger partial charge is 0.497 e. The maximum atomic E-state index is 12.6. The Kier molecular flexibility index (Phi) is 5.34. The third-order valence-corrected chi connectivity index (χ3v) is 6.53. The molecule has 0 fully saturated rings. The number of nitrogens with one attached hydrogen (secondary N) is 1. The van der Waals surface area contributed by atoms with Crippen molar-refractivity contribution in [2.45, 2.75) is 17.8 Å². The van der Waals surface area contributed by atoms with E-state index in [1.807, 2.05) is 60.0 Å². The van der Waals surface area contributed by atoms with Crippen LogP contribution >= 0.6 is 35.3 Å². The molecule has 0 bridgehead atoms. The Morgan fingerprint density at radius 3 is 2.79 bits per heavy atom. The first-order chi connectivity index (χ1) is 13.5. The Morgan fingerprint density at radius 2 is 2.04 bits per heavy atom. The van der Waals surface area contributed by atoms with Gasteiger partial charge in [-0.1, -0.05) is 52.9 Å². The predicted octanol–water partition coefficient (Wildman–Crippen LogP) is 5.11. The normalized spacial score (nSPS) is 11.1. The highest BCUT2D eigenvalue weighted by Crippen LogP contribution is 2.26. The van der Waals surface area contributed by atoms with Crippen molar-refractivity contribution in [1.82, 2.24) is 14.5 Å². The summed E-state index contributed by atoms with van der Waals surface area (Å²) >= 11 is 8.26. The van der Waals surface area contributed by atoms with Gasteiger partial charge in [0.15, 0.2) is 14.8 Å². The number of rotatable bonds is 5. The highest BCUT2D eigenvalue weighted by molar-refractivity contribution is 7.98. The number of hydrogen-bond acceptors (Lipinski definition) is 6. The van der Waals surface area contributed by atoms with Gasteiger partial charge in [-0.15, -0.1) is 0 Å². The second kappa shape index (κ2) is 7.90. The van der Waals surface area contributed by atoms with E-state index in [0.29, 0.717) is 25.2 Å². The predicted molar refractivity (Wildman–Crippen MR) is 118 cm³/mol. The molecule has 0 radical (unpaired) electrons. The van der Waals surface area contributed by atoms with Gasteiger partial charge >= 0.3 is 0 Å². The fourth-order valence-electron chi connectivity index (χ4n) is 2.80. The molecule has 142 valence electrons. The maximum absolute atomic E-state index is 12.6. The van der Waals surface area contributed by atoms with Crippen molar-refractivity contribution in [3.05, 3.63) is 74.0 Å². The Balaban J connectivity index is 1.72. The number of methoxy groups -OCH3 is 1. The van der Waals surface area contributed by atoms with Crippen LogP contribution in [0.5, 0.6) is 5.75 Å². The van der Waals surface area contributed by atoms with Gasteiger partial charge in [0.2, 0.25) is 0 Å². The average Bonchev–Trinajstić information content (AvgIpc) is 3.04. The van der Waals surface area contributed by atoms with Gasteiger partial charge in [0, 0.05) is 11.4 Å². The molecule has 0 aliphatic heterocycles. The first-order valence-corrected chi connectivity index (χ1v) is 10.7. The van der Waals surface area contributed by atoms with E-state index in [1.54, 1.807) is 7.11 Å². The number of nitrogens with zero attached hydrogens (tertiary/aromatic N) is 2. The topological polar surface area (TPSA) is 59.9 Å². The quantitative estimate of drug-likeness (QED) is 0.272. The lowest BCUT2D eigenvalue weighted by molar-refractivity contribution is 0.414. The molecular formula is C20H17N3O2S3. The first-order valence-electron chi connectivity index (χ1n) is 8.54. The zero-order valence-electron chi connectivity index (χ0n) is 15.3. The molecular weight excluding hydrogens is 410 g/mol. The van der Waals surface area contributed by atoms with Gasteiger partial charge < -0.3 is 9.72 Å². The van der Waals surface area contributed by atoms with Crippen molar-refractivity contribution in [2.24, 2.45) is 0 Å². The fraction of sp³-hybridized carbons (Fsp3) is 0.150. The van der Waals surface area contributed by atoms with Gasteiger partial charge in [-0.2, -0.15) is 0 Å². The highest BCUT2D eigenvalue weighted by Gasteiger charge is 2.14. The zero-order valence-corrected chi connectivity index (χ0v) is 17.7. The van der Waals surface area contributed by atoms with E-state index in [9.17, 15) is 4.79 Å². The van der Waals surface area contributed by atoms with Gasteiger partial charge in [-0.25, -0.2) is 4.98 Å². The van der Waals surface area contributed by atoms with Crippen LogP contribution in [0, 0.1) is 10.9 Å². The number of aryl methyl sites for hydroxylation is 1. The number of benzene rings is 2. The van der Waals surface area contributed by atoms with Crippen LogP contribution in [0.25, 0.3) is 16.0 Å². The van der Waals surface area contributed by atoms with E-state index < -0.39 is 0 Å². The highest BCUT2D eigenvalue weighted by atomic mass is 32.2. The second-order valence-corrected chi connectivity index (χ2v) is 8.81. The molecule has 1 N–H and O–H groups in total. The van der Waals surface area contributed by atoms with Gasteiger partial charge in [0.1, 0.15) is 10.4 Å². The van der Waals surface area contributed by atoms with Gasteiger partial charge in [0.25, 0.3) is 5.56 Å². The van der Waals surface area contributed by atoms with Crippen LogP contribution in [-0.2, 0) is 5.75 Å². The molecule has 4 rings (SSSR count). The van der Waals surface area contributed by atoms with Crippen LogP contribution in [0.3, 0.4) is 0 Å². The number of thiazole rings is 1. The first kappa shape index (κ1) is 18.9. The van der Waals surface area contributed by atoms with Gasteiger partial charge in [-0.3, -0.25) is 9.36 Å². The van der Waals surface area contributed by atoms with Crippen molar-refractivity contribution >= 4 is 45.7 Å². The summed E-state index contributed by atoms with van der Waals surface area (Å²) in [6.45, 7) is 2.03. The summed E-state index contributed by atoms with van der Waals surface area (Å²) in [5, 5.41) is 0.564. The van der Waals surface area contributed by atoms with Crippen molar-refractivity contribution in [3.8, 4) is 11.4 Å². The van der Waals surface area contributed by atoms with Crippen LogP contribution in [-0.4, -0.2) is 21.6 Å². The minimum absolute atomic E-state index is 0.167. The van der Waals surface area contributed by atoms with E-state index in [4.69, 9.17) is 21.9 Å². The molecule has 8 heteroatoms. The fourth-order valence-corrected chi connectivity index (χ4v) is 4.87. The van der Waals surface area contributed by atoms with Crippen molar-refractivity contribution in [2.75, 3.05) is 7.11 Å². The van der Waals surface area contributed by atoms with E-state index in [-0.39, 0.29) is 5.56 Å². The molecule has 0 saturated heterocycles. The summed E-state index contributed by atoms with van der Waals surface area (Å²) in [7, 11) is 1.64. The van der Waals surface area contributed by atoms with Gasteiger partial charge in [0.05, 0.1) is 7.11 Å². The molecule has 0 amide bonds. The molecule has 2 aromatic carbocycles. The summed E-state index contributed by atoms with van der Waals surface area (Å²) < 4.78 is 8.27. The number of thioether (sulfide) groups is 1. The van der Waals surface area contributed by atoms with Crippen LogP contribution in [0.4, 0.5) is 0 Å². The lowest BCUT2D eigenvalue weighted by Gasteiger charge is -2.07. The van der Waals surface area contributed by atoms with Crippen molar-refractivity contribution in [1.29, 1.82) is 0 Å². The minimum atomic E-state index is -0.167. The Hall–Kier alpha value is -2.42. The summed E-state index contributed by atoms with van der Waals surface area (Å²) in [6.07, 6.45) is 0. The van der Waals surface area contributed by atoms with E-state index in [2.05, 4.69) is 4.98 Å². The number of ether oxygens (including phenoxy) is 1. The minimum Gasteiger partial charge on any atom is -0.497 e. The standard InChI is InChI=1S/C20H17N3O2S3/c1-12-6-8-14(9-7-12)23-17-16(28-20(23)26)18(24)22-19(21-17)27-11-13-4-3-5-15(10-13)25-2/h3-10H,11H2,1-2H3,(H,21,22,24). The third kappa shape index (κ3) is 3.76. The monoisotopic (exact) mass is 427 g/mol. The van der Waals surface area contributed by atoms with E-state index >= 15 is 0 Å². The van der Waals surface area contributed by atoms with Crippen LogP contribution in [0.1, 0.15) is 11.1 Å². The Labute approximate surface area is 175 Å². The molecule has 0 aliphatic rings. The van der Waals surface area contributed by atoms with E-state index in [1.165, 1.54) is 23.1 Å². The second-order valence-electron chi connectivity index (χ2n) is 6.20. The maximum Gasteiger partial charge on any atom is 0.271 e. The number of aromatic nitrogens is 3. The summed E-state index contributed by atoms with van der Waals surface area (Å²) in [5.41, 5.74) is 3.59. The molecule has 0 unspecified atom stereocenters. The average molecular weight is 428 g/mol. The third-order valence-electron chi connectivity index (χ3n) is 4.22. The number of hydrogen-bond donors (Lipinski definition) is 1. The lowest BCUT2D eigenvalue weighted by Crippen LogP contribution is -2.09. The molecule has 5 nitrogen and oxygen atoms in total. The zero-order chi connectivity index (χ0) is 19.7. The Bertz CT molecular complexity index is 1260. The van der Waals surface area contributed by atoms with Crippen molar-refractivity contribution < 1.29 is 4.74 Å². The van der Waals surface area contributed by atoms with Gasteiger partial charge in [-0.05, 0) is 49.0 Å². The van der Waals surface area contributed by atoms with Crippen LogP contribution < -0.4 is 10.3 Å². The molecule has 4 aromatic rings. The molecule has 2 heterocycles. The molecule has 0 saturated carbocycles.